The van der Waals surface area contributed by atoms with Crippen LogP contribution in [0.2, 0.25) is 0 Å². The molecule has 3 fully saturated rings. The van der Waals surface area contributed by atoms with Crippen LogP contribution in [0.5, 0.6) is 0 Å². The number of nitrogens with two attached hydrogens (primary N) is 1. The van der Waals surface area contributed by atoms with Gasteiger partial charge in [-0.05, 0) is 86.9 Å². The first-order valence-electron chi connectivity index (χ1n) is 11.0. The van der Waals surface area contributed by atoms with Crippen molar-refractivity contribution in [2.45, 2.75) is 84.3 Å². The zero-order valence-corrected chi connectivity index (χ0v) is 17.4. The summed E-state index contributed by atoms with van der Waals surface area (Å²) < 4.78 is 5.41. The third-order valence-corrected chi connectivity index (χ3v) is 9.21. The van der Waals surface area contributed by atoms with Crippen molar-refractivity contribution >= 4 is 11.9 Å². The Kier molecular flexibility index (Phi) is 4.88. The van der Waals surface area contributed by atoms with Gasteiger partial charge in [0.1, 0.15) is 6.10 Å². The maximum absolute atomic E-state index is 11.7. The monoisotopic (exact) mass is 389 g/mol. The molecule has 0 aliphatic heterocycles. The number of amides is 1. The number of ether oxygens (including phenoxy) is 1. The Morgan fingerprint density at radius 1 is 1.18 bits per heavy atom. The minimum Gasteiger partial charge on any atom is -0.455 e. The average Bonchev–Trinajstić information content (AvgIpc) is 2.99. The van der Waals surface area contributed by atoms with E-state index in [2.05, 4.69) is 19.9 Å². The minimum absolute atomic E-state index is 0.147. The van der Waals surface area contributed by atoms with Crippen molar-refractivity contribution in [2.75, 3.05) is 0 Å². The minimum atomic E-state index is -1.01. The number of aliphatic hydroxyl groups excluding tert-OH is 1. The second-order valence-electron chi connectivity index (χ2n) is 10.4. The molecule has 1 unspecified atom stereocenters. The molecule has 5 heteroatoms. The van der Waals surface area contributed by atoms with E-state index in [-0.39, 0.29) is 29.0 Å². The van der Waals surface area contributed by atoms with Gasteiger partial charge in [-0.1, -0.05) is 25.5 Å². The largest absolute Gasteiger partial charge is 0.455 e. The molecule has 8 atom stereocenters. The van der Waals surface area contributed by atoms with Gasteiger partial charge in [0, 0.05) is 5.92 Å². The maximum Gasteiger partial charge on any atom is 0.396 e. The van der Waals surface area contributed by atoms with E-state index in [4.69, 9.17) is 10.5 Å². The molecule has 5 nitrogen and oxygen atoms in total. The second kappa shape index (κ2) is 6.86. The Labute approximate surface area is 168 Å². The third-order valence-electron chi connectivity index (χ3n) is 9.21. The molecule has 0 aromatic rings. The summed E-state index contributed by atoms with van der Waals surface area (Å²) in [5.41, 5.74) is 6.97. The number of hydrogen-bond acceptors (Lipinski definition) is 4. The van der Waals surface area contributed by atoms with Crippen LogP contribution in [0.15, 0.2) is 11.6 Å². The smallest absolute Gasteiger partial charge is 0.396 e. The summed E-state index contributed by atoms with van der Waals surface area (Å²) >= 11 is 0. The average molecular weight is 390 g/mol. The Balaban J connectivity index is 1.55. The van der Waals surface area contributed by atoms with Crippen molar-refractivity contribution in [3.05, 3.63) is 11.6 Å². The number of allylic oxidation sites excluding steroid dienone is 1. The van der Waals surface area contributed by atoms with E-state index < -0.39 is 11.9 Å². The Morgan fingerprint density at radius 2 is 1.93 bits per heavy atom. The van der Waals surface area contributed by atoms with Crippen LogP contribution in [0.3, 0.4) is 0 Å². The zero-order valence-electron chi connectivity index (χ0n) is 17.4. The highest BCUT2D eigenvalue weighted by molar-refractivity contribution is 6.31. The Hall–Kier alpha value is -1.36. The number of carbonyl (C=O) groups is 2. The van der Waals surface area contributed by atoms with Crippen LogP contribution >= 0.6 is 0 Å². The molecule has 4 rings (SSSR count). The molecule has 156 valence electrons. The molecule has 3 saturated carbocycles. The molecule has 4 aliphatic rings. The van der Waals surface area contributed by atoms with Gasteiger partial charge < -0.3 is 15.6 Å². The van der Waals surface area contributed by atoms with E-state index in [1.807, 2.05) is 6.92 Å². The van der Waals surface area contributed by atoms with Gasteiger partial charge in [0.25, 0.3) is 0 Å². The van der Waals surface area contributed by atoms with Gasteiger partial charge in [-0.15, -0.1) is 0 Å². The van der Waals surface area contributed by atoms with Crippen molar-refractivity contribution in [3.8, 4) is 0 Å². The van der Waals surface area contributed by atoms with Crippen LogP contribution in [0.25, 0.3) is 0 Å². The highest BCUT2D eigenvalue weighted by Crippen LogP contribution is 2.66. The molecule has 0 bridgehead atoms. The molecule has 0 saturated heterocycles. The van der Waals surface area contributed by atoms with Gasteiger partial charge in [-0.2, -0.15) is 0 Å². The van der Waals surface area contributed by atoms with E-state index >= 15 is 0 Å². The molecule has 28 heavy (non-hydrogen) atoms. The van der Waals surface area contributed by atoms with Gasteiger partial charge >= 0.3 is 11.9 Å². The number of esters is 1. The van der Waals surface area contributed by atoms with Gasteiger partial charge in [0.05, 0.1) is 6.10 Å². The lowest BCUT2D eigenvalue weighted by atomic mass is 9.47. The fourth-order valence-electron chi connectivity index (χ4n) is 7.76. The molecule has 0 spiro atoms. The first-order chi connectivity index (χ1) is 13.2. The predicted molar refractivity (Wildman–Crippen MR) is 106 cm³/mol. The van der Waals surface area contributed by atoms with Gasteiger partial charge in [0.15, 0.2) is 0 Å². The van der Waals surface area contributed by atoms with Crippen molar-refractivity contribution in [1.29, 1.82) is 0 Å². The molecule has 1 amide bonds. The van der Waals surface area contributed by atoms with Crippen molar-refractivity contribution in [2.24, 2.45) is 40.2 Å². The molecule has 0 aromatic heterocycles. The molecule has 0 heterocycles. The topological polar surface area (TPSA) is 89.6 Å². The molecular weight excluding hydrogens is 354 g/mol. The van der Waals surface area contributed by atoms with Crippen molar-refractivity contribution < 1.29 is 19.4 Å². The van der Waals surface area contributed by atoms with E-state index in [0.29, 0.717) is 17.8 Å². The summed E-state index contributed by atoms with van der Waals surface area (Å²) in [6, 6.07) is 0. The lowest BCUT2D eigenvalue weighted by molar-refractivity contribution is -0.162. The summed E-state index contributed by atoms with van der Waals surface area (Å²) in [6.07, 6.45) is 10.5. The van der Waals surface area contributed by atoms with Crippen LogP contribution in [0.1, 0.15) is 72.1 Å². The van der Waals surface area contributed by atoms with Gasteiger partial charge in [-0.25, -0.2) is 4.79 Å². The fraction of sp³-hybridized carbons (Fsp3) is 0.826. The van der Waals surface area contributed by atoms with Crippen LogP contribution in [0, 0.1) is 34.5 Å². The SMILES string of the molecule is CC(OC(=O)C(N)=O)[C@H]1CC[C@H]2[C@@H]3CC=C4C[C@@H](O)CC[C@]4(C)[C@H]3CC[C@]12C. The lowest BCUT2D eigenvalue weighted by Crippen LogP contribution is -2.51. The first kappa shape index (κ1) is 19.9. The highest BCUT2D eigenvalue weighted by atomic mass is 16.5. The van der Waals surface area contributed by atoms with E-state index in [1.165, 1.54) is 18.4 Å². The molecule has 0 radical (unpaired) electrons. The highest BCUT2D eigenvalue weighted by Gasteiger charge is 2.59. The second-order valence-corrected chi connectivity index (χ2v) is 10.4. The van der Waals surface area contributed by atoms with Crippen LogP contribution < -0.4 is 5.73 Å². The summed E-state index contributed by atoms with van der Waals surface area (Å²) in [6.45, 7) is 6.74. The van der Waals surface area contributed by atoms with Gasteiger partial charge in [-0.3, -0.25) is 4.79 Å². The lowest BCUT2D eigenvalue weighted by Gasteiger charge is -2.58. The molecule has 4 aliphatic carbocycles. The Bertz CT molecular complexity index is 703. The van der Waals surface area contributed by atoms with Crippen molar-refractivity contribution in [3.63, 3.8) is 0 Å². The van der Waals surface area contributed by atoms with E-state index in [9.17, 15) is 14.7 Å². The van der Waals surface area contributed by atoms with Crippen molar-refractivity contribution in [1.82, 2.24) is 0 Å². The zero-order chi connectivity index (χ0) is 20.3. The normalized spacial score (nSPS) is 45.9. The third kappa shape index (κ3) is 2.92. The number of hydrogen-bond donors (Lipinski definition) is 2. The van der Waals surface area contributed by atoms with Crippen LogP contribution in [0.4, 0.5) is 0 Å². The van der Waals surface area contributed by atoms with Crippen LogP contribution in [-0.4, -0.2) is 29.2 Å². The first-order valence-corrected chi connectivity index (χ1v) is 11.0. The number of carbonyl (C=O) groups excluding carboxylic acids is 2. The summed E-state index contributed by atoms with van der Waals surface area (Å²) in [4.78, 5) is 22.8. The number of aliphatic hydroxyl groups is 1. The maximum atomic E-state index is 11.7. The van der Waals surface area contributed by atoms with E-state index in [0.717, 1.165) is 38.5 Å². The predicted octanol–water partition coefficient (Wildman–Crippen LogP) is 3.34. The summed E-state index contributed by atoms with van der Waals surface area (Å²) in [7, 11) is 0. The number of primary amides is 1. The van der Waals surface area contributed by atoms with Crippen LogP contribution in [-0.2, 0) is 14.3 Å². The van der Waals surface area contributed by atoms with E-state index in [1.54, 1.807) is 0 Å². The molecule has 3 N–H and O–H groups in total. The fourth-order valence-corrected chi connectivity index (χ4v) is 7.76. The standard InChI is InChI=1S/C23H35NO4/c1-13(28-21(27)20(24)26)17-6-7-18-16-5-4-14-12-15(25)8-10-22(14,2)19(16)9-11-23(17,18)3/h4,13,15-19,25H,5-12H2,1-3H3,(H2,24,26)/t13?,15-,16-,17+,18-,19-,22-,23+/m0/s1. The molecular formula is C23H35NO4. The summed E-state index contributed by atoms with van der Waals surface area (Å²) in [5.74, 6) is 0.368. The van der Waals surface area contributed by atoms with Gasteiger partial charge in [0.2, 0.25) is 0 Å². The number of fused-ring (bicyclic) bond motifs is 5. The molecule has 0 aromatic carbocycles. The quantitative estimate of drug-likeness (QED) is 0.431. The number of rotatable bonds is 2. The Morgan fingerprint density at radius 3 is 2.64 bits per heavy atom. The summed E-state index contributed by atoms with van der Waals surface area (Å²) in [5, 5.41) is 10.1.